The average molecular weight is 362 g/mol. The molecule has 0 aliphatic carbocycles. The third-order valence-electron chi connectivity index (χ3n) is 3.87. The maximum Gasteiger partial charge on any atom is 0.171 e. The second-order valence-electron chi connectivity index (χ2n) is 6.18. The summed E-state index contributed by atoms with van der Waals surface area (Å²) in [5, 5.41) is 15.8. The van der Waals surface area contributed by atoms with Gasteiger partial charge in [-0.3, -0.25) is 0 Å². The summed E-state index contributed by atoms with van der Waals surface area (Å²) in [4.78, 5) is 8.99. The number of ether oxygens (including phenoxy) is 1. The molecule has 0 unspecified atom stereocenters. The number of hydrogen-bond donors (Lipinski definition) is 0. The monoisotopic (exact) mass is 362 g/mol. The van der Waals surface area contributed by atoms with Crippen LogP contribution in [0.2, 0.25) is 0 Å². The van der Waals surface area contributed by atoms with E-state index in [-0.39, 0.29) is 12.5 Å². The van der Waals surface area contributed by atoms with E-state index >= 15 is 0 Å². The molecule has 9 nitrogen and oxygen atoms in total. The van der Waals surface area contributed by atoms with Gasteiger partial charge in [0, 0.05) is 18.2 Å². The van der Waals surface area contributed by atoms with Gasteiger partial charge in [0.25, 0.3) is 0 Å². The Bertz CT molecular complexity index is 1010. The Balaban J connectivity index is 1.59. The number of hydrogen-bond acceptors (Lipinski definition) is 7. The predicted octanol–water partition coefficient (Wildman–Crippen LogP) is 2.34. The summed E-state index contributed by atoms with van der Waals surface area (Å²) in [6.07, 6.45) is 3.26. The van der Waals surface area contributed by atoms with Gasteiger partial charge >= 0.3 is 0 Å². The van der Waals surface area contributed by atoms with E-state index in [0.29, 0.717) is 17.4 Å². The van der Waals surface area contributed by atoms with E-state index in [0.717, 1.165) is 11.5 Å². The molecule has 0 N–H and O–H groups in total. The Morgan fingerprint density at radius 3 is 2.78 bits per heavy atom. The first-order chi connectivity index (χ1) is 13.2. The number of nitrogens with zero attached hydrogens (tertiary/aromatic N) is 8. The van der Waals surface area contributed by atoms with Crippen LogP contribution in [0.1, 0.15) is 31.4 Å². The van der Waals surface area contributed by atoms with Gasteiger partial charge in [-0.2, -0.15) is 4.68 Å². The van der Waals surface area contributed by atoms with Crippen LogP contribution in [0.25, 0.3) is 11.5 Å². The number of aromatic nitrogens is 8. The lowest BCUT2D eigenvalue weighted by Crippen LogP contribution is -2.08. The van der Waals surface area contributed by atoms with Crippen molar-refractivity contribution in [2.24, 2.45) is 0 Å². The van der Waals surface area contributed by atoms with Crippen molar-refractivity contribution in [1.29, 1.82) is 0 Å². The molecule has 0 amide bonds. The molecule has 9 heteroatoms. The molecule has 3 aromatic heterocycles. The van der Waals surface area contributed by atoms with Gasteiger partial charge < -0.3 is 4.74 Å². The second-order valence-corrected chi connectivity index (χ2v) is 6.18. The van der Waals surface area contributed by atoms with E-state index in [4.69, 9.17) is 4.74 Å². The minimum absolute atomic E-state index is 0.205. The van der Waals surface area contributed by atoms with Crippen LogP contribution in [0.3, 0.4) is 0 Å². The Hall–Kier alpha value is -3.62. The van der Waals surface area contributed by atoms with Gasteiger partial charge in [-0.05, 0) is 34.7 Å². The van der Waals surface area contributed by atoms with Crippen molar-refractivity contribution in [1.82, 2.24) is 40.0 Å². The molecule has 0 radical (unpaired) electrons. The quantitative estimate of drug-likeness (QED) is 0.519. The van der Waals surface area contributed by atoms with Crippen LogP contribution in [0.5, 0.6) is 5.75 Å². The Morgan fingerprint density at radius 1 is 1.11 bits per heavy atom. The van der Waals surface area contributed by atoms with Gasteiger partial charge in [0.1, 0.15) is 18.7 Å². The van der Waals surface area contributed by atoms with Crippen molar-refractivity contribution in [3.8, 4) is 17.3 Å². The molecule has 0 bridgehead atoms. The van der Waals surface area contributed by atoms with Gasteiger partial charge in [0.15, 0.2) is 17.5 Å². The van der Waals surface area contributed by atoms with Gasteiger partial charge in [-0.15, -0.1) is 10.2 Å². The smallest absolute Gasteiger partial charge is 0.171 e. The lowest BCUT2D eigenvalue weighted by Gasteiger charge is -2.08. The average Bonchev–Trinajstić information content (AvgIpc) is 3.37. The van der Waals surface area contributed by atoms with Crippen molar-refractivity contribution in [2.75, 3.05) is 0 Å². The van der Waals surface area contributed by atoms with Crippen LogP contribution in [-0.2, 0) is 6.61 Å². The van der Waals surface area contributed by atoms with Crippen molar-refractivity contribution in [3.05, 3.63) is 66.6 Å². The summed E-state index contributed by atoms with van der Waals surface area (Å²) in [5.41, 5.74) is 0.812. The first-order valence-electron chi connectivity index (χ1n) is 8.54. The number of rotatable bonds is 6. The standard InChI is InChI=1S/C18H18N8O/c1-13(2)18-21-17(26(22-18)16-8-3-4-9-19-16)11-27-15-7-5-6-14(10-15)25-12-20-23-24-25/h3-10,12-13H,11H2,1-2H3. The van der Waals surface area contributed by atoms with Crippen molar-refractivity contribution in [3.63, 3.8) is 0 Å². The van der Waals surface area contributed by atoms with Crippen LogP contribution in [0.4, 0.5) is 0 Å². The van der Waals surface area contributed by atoms with Crippen LogP contribution in [0.15, 0.2) is 55.0 Å². The molecule has 0 aliphatic heterocycles. The Kier molecular flexibility index (Phi) is 4.56. The molecule has 1 aromatic carbocycles. The van der Waals surface area contributed by atoms with E-state index in [1.165, 1.54) is 6.33 Å². The lowest BCUT2D eigenvalue weighted by atomic mass is 10.2. The molecular formula is C18H18N8O. The summed E-state index contributed by atoms with van der Waals surface area (Å²) in [6.45, 7) is 4.37. The maximum absolute atomic E-state index is 5.95. The second kappa shape index (κ2) is 7.32. The molecule has 0 aliphatic rings. The van der Waals surface area contributed by atoms with Crippen molar-refractivity contribution in [2.45, 2.75) is 26.4 Å². The van der Waals surface area contributed by atoms with Crippen molar-refractivity contribution >= 4 is 0 Å². The number of pyridine rings is 1. The zero-order chi connectivity index (χ0) is 18.6. The highest BCUT2D eigenvalue weighted by molar-refractivity contribution is 5.38. The Morgan fingerprint density at radius 2 is 2.04 bits per heavy atom. The highest BCUT2D eigenvalue weighted by Crippen LogP contribution is 2.19. The fraction of sp³-hybridized carbons (Fsp3) is 0.222. The van der Waals surface area contributed by atoms with Crippen LogP contribution >= 0.6 is 0 Å². The van der Waals surface area contributed by atoms with Crippen molar-refractivity contribution < 1.29 is 4.74 Å². The highest BCUT2D eigenvalue weighted by atomic mass is 16.5. The van der Waals surface area contributed by atoms with E-state index < -0.39 is 0 Å². The zero-order valence-corrected chi connectivity index (χ0v) is 15.0. The fourth-order valence-electron chi connectivity index (χ4n) is 2.51. The largest absolute Gasteiger partial charge is 0.486 e. The third-order valence-corrected chi connectivity index (χ3v) is 3.87. The first kappa shape index (κ1) is 16.8. The minimum atomic E-state index is 0.205. The molecular weight excluding hydrogens is 344 g/mol. The van der Waals surface area contributed by atoms with E-state index in [1.54, 1.807) is 15.6 Å². The van der Waals surface area contributed by atoms with Gasteiger partial charge in [-0.1, -0.05) is 26.0 Å². The van der Waals surface area contributed by atoms with E-state index in [9.17, 15) is 0 Å². The zero-order valence-electron chi connectivity index (χ0n) is 15.0. The maximum atomic E-state index is 5.95. The summed E-state index contributed by atoms with van der Waals surface area (Å²) in [5.74, 6) is 3.03. The molecule has 4 rings (SSSR count). The Labute approximate surface area is 155 Å². The molecule has 27 heavy (non-hydrogen) atoms. The number of tetrazole rings is 1. The fourth-order valence-corrected chi connectivity index (χ4v) is 2.51. The summed E-state index contributed by atoms with van der Waals surface area (Å²) >= 11 is 0. The molecule has 0 fully saturated rings. The molecule has 0 saturated carbocycles. The molecule has 0 saturated heterocycles. The van der Waals surface area contributed by atoms with Crippen LogP contribution in [0, 0.1) is 0 Å². The van der Waals surface area contributed by atoms with E-state index in [1.807, 2.05) is 42.5 Å². The molecule has 136 valence electrons. The van der Waals surface area contributed by atoms with Crippen LogP contribution < -0.4 is 4.74 Å². The highest BCUT2D eigenvalue weighted by Gasteiger charge is 2.15. The SMILES string of the molecule is CC(C)c1nc(COc2cccc(-n3cnnn3)c2)n(-c2ccccn2)n1. The molecule has 4 aromatic rings. The molecule has 0 atom stereocenters. The third kappa shape index (κ3) is 3.66. The summed E-state index contributed by atoms with van der Waals surface area (Å²) < 4.78 is 9.25. The first-order valence-corrected chi connectivity index (χ1v) is 8.54. The molecule has 3 heterocycles. The van der Waals surface area contributed by atoms with Crippen LogP contribution in [-0.4, -0.2) is 40.0 Å². The van der Waals surface area contributed by atoms with Gasteiger partial charge in [0.2, 0.25) is 0 Å². The van der Waals surface area contributed by atoms with Gasteiger partial charge in [-0.25, -0.2) is 14.6 Å². The topological polar surface area (TPSA) is 96.4 Å². The van der Waals surface area contributed by atoms with E-state index in [2.05, 4.69) is 44.4 Å². The normalized spacial score (nSPS) is 11.1. The predicted molar refractivity (Wildman–Crippen MR) is 96.7 cm³/mol. The minimum Gasteiger partial charge on any atom is -0.486 e. The van der Waals surface area contributed by atoms with Gasteiger partial charge in [0.05, 0.1) is 5.69 Å². The number of benzene rings is 1. The lowest BCUT2D eigenvalue weighted by molar-refractivity contribution is 0.292. The molecule has 0 spiro atoms. The summed E-state index contributed by atoms with van der Waals surface area (Å²) in [6, 6.07) is 13.2. The summed E-state index contributed by atoms with van der Waals surface area (Å²) in [7, 11) is 0.